The van der Waals surface area contributed by atoms with E-state index in [9.17, 15) is 9.50 Å². The molecule has 0 unspecified atom stereocenters. The molecule has 2 aromatic carbocycles. The highest BCUT2D eigenvalue weighted by Crippen LogP contribution is 2.32. The minimum Gasteiger partial charge on any atom is -0.507 e. The zero-order valence-corrected chi connectivity index (χ0v) is 11.8. The highest BCUT2D eigenvalue weighted by Gasteiger charge is 2.08. The molecule has 0 bridgehead atoms. The molecule has 1 aromatic heterocycles. The smallest absolute Gasteiger partial charge is 0.126 e. The molecule has 0 amide bonds. The summed E-state index contributed by atoms with van der Waals surface area (Å²) in [6.45, 7) is 0. The summed E-state index contributed by atoms with van der Waals surface area (Å²) in [5.41, 5.74) is 3.44. The number of aromatic hydroxyl groups is 1. The van der Waals surface area contributed by atoms with E-state index in [0.717, 1.165) is 22.8 Å². The Kier molecular flexibility index (Phi) is 3.97. The number of rotatable bonds is 3. The SMILES string of the molecule is Oc1cc(F)ccc1-c1ccccc1C=Cc1ccncc1. The van der Waals surface area contributed by atoms with Crippen LogP contribution in [0.4, 0.5) is 4.39 Å². The summed E-state index contributed by atoms with van der Waals surface area (Å²) in [6, 6.07) is 15.6. The van der Waals surface area contributed by atoms with Gasteiger partial charge in [-0.25, -0.2) is 4.39 Å². The van der Waals surface area contributed by atoms with Gasteiger partial charge in [-0.1, -0.05) is 36.4 Å². The minimum absolute atomic E-state index is 0.0650. The molecule has 22 heavy (non-hydrogen) atoms. The van der Waals surface area contributed by atoms with Crippen molar-refractivity contribution in [3.63, 3.8) is 0 Å². The van der Waals surface area contributed by atoms with E-state index in [0.29, 0.717) is 5.56 Å². The Morgan fingerprint density at radius 1 is 0.864 bits per heavy atom. The van der Waals surface area contributed by atoms with Crippen molar-refractivity contribution in [3.05, 3.63) is 83.9 Å². The van der Waals surface area contributed by atoms with Gasteiger partial charge in [0, 0.05) is 24.0 Å². The Morgan fingerprint density at radius 3 is 2.41 bits per heavy atom. The maximum atomic E-state index is 13.2. The molecule has 1 N–H and O–H groups in total. The van der Waals surface area contributed by atoms with Crippen molar-refractivity contribution in [3.8, 4) is 16.9 Å². The first-order valence-electron chi connectivity index (χ1n) is 6.90. The summed E-state index contributed by atoms with van der Waals surface area (Å²) in [7, 11) is 0. The summed E-state index contributed by atoms with van der Waals surface area (Å²) in [5.74, 6) is -0.518. The quantitative estimate of drug-likeness (QED) is 0.754. The Labute approximate surface area is 128 Å². The van der Waals surface area contributed by atoms with Gasteiger partial charge in [0.05, 0.1) is 0 Å². The first-order valence-corrected chi connectivity index (χ1v) is 6.90. The van der Waals surface area contributed by atoms with Crippen LogP contribution < -0.4 is 0 Å². The maximum absolute atomic E-state index is 13.2. The van der Waals surface area contributed by atoms with Crippen molar-refractivity contribution in [1.82, 2.24) is 4.98 Å². The number of halogens is 1. The first-order chi connectivity index (χ1) is 10.7. The largest absolute Gasteiger partial charge is 0.507 e. The first kappa shape index (κ1) is 14.0. The van der Waals surface area contributed by atoms with Gasteiger partial charge < -0.3 is 5.11 Å². The number of hydrogen-bond acceptors (Lipinski definition) is 2. The Hall–Kier alpha value is -2.94. The lowest BCUT2D eigenvalue weighted by Crippen LogP contribution is -1.85. The van der Waals surface area contributed by atoms with Gasteiger partial charge >= 0.3 is 0 Å². The van der Waals surface area contributed by atoms with E-state index in [1.165, 1.54) is 6.07 Å². The minimum atomic E-state index is -0.453. The fraction of sp³-hybridized carbons (Fsp3) is 0. The second kappa shape index (κ2) is 6.22. The molecule has 3 heteroatoms. The number of aromatic nitrogens is 1. The average molecular weight is 291 g/mol. The number of hydrogen-bond donors (Lipinski definition) is 1. The van der Waals surface area contributed by atoms with Crippen molar-refractivity contribution < 1.29 is 9.50 Å². The van der Waals surface area contributed by atoms with Crippen LogP contribution in [0.2, 0.25) is 0 Å². The molecule has 2 nitrogen and oxygen atoms in total. The molecule has 0 atom stereocenters. The van der Waals surface area contributed by atoms with E-state index < -0.39 is 5.82 Å². The van der Waals surface area contributed by atoms with E-state index in [-0.39, 0.29) is 5.75 Å². The van der Waals surface area contributed by atoms with Gasteiger partial charge in [0.15, 0.2) is 0 Å². The summed E-state index contributed by atoms with van der Waals surface area (Å²) < 4.78 is 13.2. The third-order valence-corrected chi connectivity index (χ3v) is 3.37. The van der Waals surface area contributed by atoms with E-state index in [1.807, 2.05) is 48.6 Å². The predicted octanol–water partition coefficient (Wildman–Crippen LogP) is 4.76. The molecule has 0 radical (unpaired) electrons. The molecule has 0 aliphatic heterocycles. The zero-order valence-electron chi connectivity index (χ0n) is 11.8. The summed E-state index contributed by atoms with van der Waals surface area (Å²) >= 11 is 0. The van der Waals surface area contributed by atoms with Crippen molar-refractivity contribution in [2.45, 2.75) is 0 Å². The Balaban J connectivity index is 2.02. The Bertz CT molecular complexity index is 813. The lowest BCUT2D eigenvalue weighted by Gasteiger charge is -2.08. The molecule has 0 fully saturated rings. The van der Waals surface area contributed by atoms with Crippen LogP contribution in [0.5, 0.6) is 5.75 Å². The molecule has 0 aliphatic rings. The highest BCUT2D eigenvalue weighted by molar-refractivity contribution is 5.83. The number of nitrogens with zero attached hydrogens (tertiary/aromatic N) is 1. The molecular weight excluding hydrogens is 277 g/mol. The van der Waals surface area contributed by atoms with Gasteiger partial charge in [-0.05, 0) is 41.0 Å². The van der Waals surface area contributed by atoms with Crippen LogP contribution in [0.3, 0.4) is 0 Å². The van der Waals surface area contributed by atoms with Gasteiger partial charge in [-0.3, -0.25) is 4.98 Å². The van der Waals surface area contributed by atoms with Crippen LogP contribution in [0.15, 0.2) is 67.0 Å². The fourth-order valence-corrected chi connectivity index (χ4v) is 2.28. The number of benzene rings is 2. The average Bonchev–Trinajstić information content (AvgIpc) is 2.54. The molecule has 0 spiro atoms. The topological polar surface area (TPSA) is 33.1 Å². The molecule has 0 saturated carbocycles. The van der Waals surface area contributed by atoms with Crippen molar-refractivity contribution in [2.24, 2.45) is 0 Å². The molecule has 3 aromatic rings. The van der Waals surface area contributed by atoms with Crippen LogP contribution in [0.25, 0.3) is 23.3 Å². The number of phenolic OH excluding ortho intramolecular Hbond substituents is 1. The summed E-state index contributed by atoms with van der Waals surface area (Å²) in [6.07, 6.45) is 7.41. The van der Waals surface area contributed by atoms with E-state index in [2.05, 4.69) is 4.98 Å². The van der Waals surface area contributed by atoms with Crippen molar-refractivity contribution >= 4 is 12.2 Å². The van der Waals surface area contributed by atoms with Crippen molar-refractivity contribution in [2.75, 3.05) is 0 Å². The molecule has 3 rings (SSSR count). The molecule has 108 valence electrons. The van der Waals surface area contributed by atoms with E-state index in [1.54, 1.807) is 18.5 Å². The van der Waals surface area contributed by atoms with Crippen LogP contribution in [0, 0.1) is 5.82 Å². The number of pyridine rings is 1. The summed E-state index contributed by atoms with van der Waals surface area (Å²) in [5, 5.41) is 9.98. The van der Waals surface area contributed by atoms with Crippen LogP contribution >= 0.6 is 0 Å². The fourth-order valence-electron chi connectivity index (χ4n) is 2.28. The van der Waals surface area contributed by atoms with Gasteiger partial charge in [-0.15, -0.1) is 0 Å². The van der Waals surface area contributed by atoms with Crippen LogP contribution in [0.1, 0.15) is 11.1 Å². The van der Waals surface area contributed by atoms with Crippen LogP contribution in [-0.2, 0) is 0 Å². The zero-order chi connectivity index (χ0) is 15.4. The lowest BCUT2D eigenvalue weighted by atomic mass is 9.98. The van der Waals surface area contributed by atoms with E-state index >= 15 is 0 Å². The van der Waals surface area contributed by atoms with Crippen molar-refractivity contribution in [1.29, 1.82) is 0 Å². The standard InChI is InChI=1S/C19H14FNO/c20-16-7-8-18(19(22)13-16)17-4-2-1-3-15(17)6-5-14-9-11-21-12-10-14/h1-13,22H. The summed E-state index contributed by atoms with van der Waals surface area (Å²) in [4.78, 5) is 3.98. The highest BCUT2D eigenvalue weighted by atomic mass is 19.1. The normalized spacial score (nSPS) is 11.0. The lowest BCUT2D eigenvalue weighted by molar-refractivity contribution is 0.471. The monoisotopic (exact) mass is 291 g/mol. The molecule has 0 saturated heterocycles. The third kappa shape index (κ3) is 3.04. The van der Waals surface area contributed by atoms with Gasteiger partial charge in [-0.2, -0.15) is 0 Å². The second-order valence-corrected chi connectivity index (χ2v) is 4.86. The number of phenols is 1. The Morgan fingerprint density at radius 2 is 1.64 bits per heavy atom. The van der Waals surface area contributed by atoms with Gasteiger partial charge in [0.2, 0.25) is 0 Å². The second-order valence-electron chi connectivity index (χ2n) is 4.86. The molecule has 1 heterocycles. The maximum Gasteiger partial charge on any atom is 0.126 e. The molecule has 0 aliphatic carbocycles. The molecular formula is C19H14FNO. The third-order valence-electron chi connectivity index (χ3n) is 3.37. The van der Waals surface area contributed by atoms with Gasteiger partial charge in [0.1, 0.15) is 11.6 Å². The van der Waals surface area contributed by atoms with E-state index in [4.69, 9.17) is 0 Å². The predicted molar refractivity (Wildman–Crippen MR) is 86.7 cm³/mol. The van der Waals surface area contributed by atoms with Gasteiger partial charge in [0.25, 0.3) is 0 Å². The van der Waals surface area contributed by atoms with Crippen LogP contribution in [-0.4, -0.2) is 10.1 Å².